The third kappa shape index (κ3) is 3.03. The first-order valence-corrected chi connectivity index (χ1v) is 7.24. The van der Waals surface area contributed by atoms with E-state index in [0.29, 0.717) is 5.92 Å². The van der Waals surface area contributed by atoms with Crippen molar-refractivity contribution >= 4 is 17.7 Å². The molecule has 0 aromatic heterocycles. The van der Waals surface area contributed by atoms with E-state index in [0.717, 1.165) is 5.56 Å². The molecule has 1 aromatic rings. The highest BCUT2D eigenvalue weighted by molar-refractivity contribution is 7.99. The first kappa shape index (κ1) is 12.5. The van der Waals surface area contributed by atoms with Gasteiger partial charge in [0.1, 0.15) is 0 Å². The van der Waals surface area contributed by atoms with Gasteiger partial charge in [-0.3, -0.25) is 4.79 Å². The molecule has 0 aliphatic carbocycles. The largest absolute Gasteiger partial charge is 0.481 e. The number of benzene rings is 1. The highest BCUT2D eigenvalue weighted by atomic mass is 32.2. The SMILES string of the molecule is CC(C(=O)O)c1cccc(C2CCSCC2)c1. The maximum absolute atomic E-state index is 11.0. The first-order valence-electron chi connectivity index (χ1n) is 6.09. The molecule has 1 aromatic carbocycles. The second-order valence-corrected chi connectivity index (χ2v) is 5.84. The predicted molar refractivity (Wildman–Crippen MR) is 71.8 cm³/mol. The summed E-state index contributed by atoms with van der Waals surface area (Å²) in [4.78, 5) is 11.0. The number of aliphatic carboxylic acids is 1. The third-order valence-corrected chi connectivity index (χ3v) is 4.52. The van der Waals surface area contributed by atoms with Crippen molar-refractivity contribution in [2.24, 2.45) is 0 Å². The Labute approximate surface area is 106 Å². The van der Waals surface area contributed by atoms with E-state index in [9.17, 15) is 4.79 Å². The van der Waals surface area contributed by atoms with Gasteiger partial charge in [-0.05, 0) is 48.3 Å². The molecule has 3 heteroatoms. The van der Waals surface area contributed by atoms with Crippen LogP contribution in [0.4, 0.5) is 0 Å². The number of carboxylic acid groups (broad SMARTS) is 1. The Balaban J connectivity index is 2.18. The molecule has 1 heterocycles. The van der Waals surface area contributed by atoms with Gasteiger partial charge >= 0.3 is 5.97 Å². The second-order valence-electron chi connectivity index (χ2n) is 4.62. The normalized spacial score (nSPS) is 18.9. The molecule has 0 amide bonds. The molecule has 1 aliphatic rings. The van der Waals surface area contributed by atoms with E-state index in [-0.39, 0.29) is 0 Å². The van der Waals surface area contributed by atoms with Crippen molar-refractivity contribution in [3.8, 4) is 0 Å². The molecule has 1 atom stereocenters. The molecular formula is C14H18O2S. The third-order valence-electron chi connectivity index (χ3n) is 3.47. The lowest BCUT2D eigenvalue weighted by atomic mass is 9.90. The summed E-state index contributed by atoms with van der Waals surface area (Å²) in [7, 11) is 0. The zero-order chi connectivity index (χ0) is 12.3. The van der Waals surface area contributed by atoms with E-state index in [4.69, 9.17) is 5.11 Å². The van der Waals surface area contributed by atoms with Crippen LogP contribution in [-0.4, -0.2) is 22.6 Å². The van der Waals surface area contributed by atoms with Gasteiger partial charge in [0, 0.05) is 0 Å². The van der Waals surface area contributed by atoms with Gasteiger partial charge in [-0.2, -0.15) is 11.8 Å². The monoisotopic (exact) mass is 250 g/mol. The highest BCUT2D eigenvalue weighted by Crippen LogP contribution is 2.32. The molecule has 1 unspecified atom stereocenters. The Morgan fingerprint density at radius 3 is 2.76 bits per heavy atom. The standard InChI is InChI=1S/C14H18O2S/c1-10(14(15)16)12-3-2-4-13(9-12)11-5-7-17-8-6-11/h2-4,9-11H,5-8H2,1H3,(H,15,16). The molecule has 2 rings (SSSR count). The van der Waals surface area contributed by atoms with Crippen molar-refractivity contribution in [1.82, 2.24) is 0 Å². The first-order chi connectivity index (χ1) is 8.18. The lowest BCUT2D eigenvalue weighted by Crippen LogP contribution is -2.10. The van der Waals surface area contributed by atoms with Gasteiger partial charge in [0.2, 0.25) is 0 Å². The average Bonchev–Trinajstić information content (AvgIpc) is 2.39. The summed E-state index contributed by atoms with van der Waals surface area (Å²) < 4.78 is 0. The molecule has 17 heavy (non-hydrogen) atoms. The van der Waals surface area contributed by atoms with Crippen LogP contribution in [0.15, 0.2) is 24.3 Å². The lowest BCUT2D eigenvalue weighted by molar-refractivity contribution is -0.138. The lowest BCUT2D eigenvalue weighted by Gasteiger charge is -2.22. The minimum atomic E-state index is -0.749. The van der Waals surface area contributed by atoms with Crippen LogP contribution < -0.4 is 0 Å². The molecule has 0 spiro atoms. The molecule has 0 radical (unpaired) electrons. The van der Waals surface area contributed by atoms with E-state index in [1.165, 1.54) is 29.9 Å². The van der Waals surface area contributed by atoms with Crippen molar-refractivity contribution in [3.63, 3.8) is 0 Å². The second kappa shape index (κ2) is 5.58. The molecule has 0 saturated carbocycles. The quantitative estimate of drug-likeness (QED) is 0.892. The minimum absolute atomic E-state index is 0.409. The van der Waals surface area contributed by atoms with Crippen LogP contribution in [0.1, 0.15) is 42.7 Å². The van der Waals surface area contributed by atoms with Gasteiger partial charge in [-0.15, -0.1) is 0 Å². The molecule has 92 valence electrons. The Hall–Kier alpha value is -0.960. The van der Waals surface area contributed by atoms with Crippen LogP contribution in [0.2, 0.25) is 0 Å². The van der Waals surface area contributed by atoms with E-state index < -0.39 is 11.9 Å². The van der Waals surface area contributed by atoms with E-state index in [1.54, 1.807) is 6.92 Å². The minimum Gasteiger partial charge on any atom is -0.481 e. The topological polar surface area (TPSA) is 37.3 Å². The Bertz CT molecular complexity index is 397. The van der Waals surface area contributed by atoms with Crippen molar-refractivity contribution in [3.05, 3.63) is 35.4 Å². The average molecular weight is 250 g/mol. The van der Waals surface area contributed by atoms with Crippen LogP contribution in [0.3, 0.4) is 0 Å². The van der Waals surface area contributed by atoms with E-state index in [2.05, 4.69) is 12.1 Å². The number of thioether (sulfide) groups is 1. The summed E-state index contributed by atoms with van der Waals surface area (Å²) in [5.41, 5.74) is 2.24. The fraction of sp³-hybridized carbons (Fsp3) is 0.500. The summed E-state index contributed by atoms with van der Waals surface area (Å²) in [6, 6.07) is 8.13. The van der Waals surface area contributed by atoms with Crippen molar-refractivity contribution < 1.29 is 9.90 Å². The summed E-state index contributed by atoms with van der Waals surface area (Å²) >= 11 is 2.01. The Morgan fingerprint density at radius 2 is 2.12 bits per heavy atom. The van der Waals surface area contributed by atoms with Crippen LogP contribution in [0.25, 0.3) is 0 Å². The van der Waals surface area contributed by atoms with Gasteiger partial charge in [0.05, 0.1) is 5.92 Å². The molecular weight excluding hydrogens is 232 g/mol. The van der Waals surface area contributed by atoms with Gasteiger partial charge in [-0.25, -0.2) is 0 Å². The Kier molecular flexibility index (Phi) is 4.11. The Morgan fingerprint density at radius 1 is 1.41 bits per heavy atom. The number of carboxylic acids is 1. The van der Waals surface area contributed by atoms with Crippen molar-refractivity contribution in [2.45, 2.75) is 31.6 Å². The van der Waals surface area contributed by atoms with Gasteiger partial charge in [0.15, 0.2) is 0 Å². The molecule has 1 saturated heterocycles. The van der Waals surface area contributed by atoms with Crippen molar-refractivity contribution in [2.75, 3.05) is 11.5 Å². The summed E-state index contributed by atoms with van der Waals surface area (Å²) in [6.45, 7) is 1.75. The fourth-order valence-electron chi connectivity index (χ4n) is 2.26. The molecule has 1 fully saturated rings. The molecule has 0 bridgehead atoms. The van der Waals surface area contributed by atoms with Crippen LogP contribution in [-0.2, 0) is 4.79 Å². The zero-order valence-electron chi connectivity index (χ0n) is 10.1. The maximum atomic E-state index is 11.0. The number of carbonyl (C=O) groups is 1. The molecule has 1 N–H and O–H groups in total. The predicted octanol–water partition coefficient (Wildman–Crippen LogP) is 3.49. The van der Waals surface area contributed by atoms with E-state index >= 15 is 0 Å². The molecule has 1 aliphatic heterocycles. The molecule has 2 nitrogen and oxygen atoms in total. The summed E-state index contributed by atoms with van der Waals surface area (Å²) in [6.07, 6.45) is 2.44. The van der Waals surface area contributed by atoms with Crippen LogP contribution in [0, 0.1) is 0 Å². The number of rotatable bonds is 3. The number of hydrogen-bond donors (Lipinski definition) is 1. The fourth-order valence-corrected chi connectivity index (χ4v) is 3.36. The summed E-state index contributed by atoms with van der Waals surface area (Å²) in [5.74, 6) is 1.92. The van der Waals surface area contributed by atoms with Gasteiger partial charge in [-0.1, -0.05) is 24.3 Å². The van der Waals surface area contributed by atoms with E-state index in [1.807, 2.05) is 23.9 Å². The van der Waals surface area contributed by atoms with Crippen LogP contribution >= 0.6 is 11.8 Å². The zero-order valence-corrected chi connectivity index (χ0v) is 10.9. The number of hydrogen-bond acceptors (Lipinski definition) is 2. The maximum Gasteiger partial charge on any atom is 0.310 e. The van der Waals surface area contributed by atoms with Gasteiger partial charge < -0.3 is 5.11 Å². The van der Waals surface area contributed by atoms with Crippen molar-refractivity contribution in [1.29, 1.82) is 0 Å². The highest BCUT2D eigenvalue weighted by Gasteiger charge is 2.18. The summed E-state index contributed by atoms with van der Waals surface area (Å²) in [5, 5.41) is 9.03. The van der Waals surface area contributed by atoms with Crippen LogP contribution in [0.5, 0.6) is 0 Å². The smallest absolute Gasteiger partial charge is 0.310 e. The van der Waals surface area contributed by atoms with Gasteiger partial charge in [0.25, 0.3) is 0 Å².